The van der Waals surface area contributed by atoms with Gasteiger partial charge in [-0.2, -0.15) is 15.2 Å². The first-order chi connectivity index (χ1) is 8.67. The third-order valence-electron chi connectivity index (χ3n) is 2.24. The summed E-state index contributed by atoms with van der Waals surface area (Å²) in [5, 5.41) is 9.31. The minimum absolute atomic E-state index is 0.395. The molecule has 18 heavy (non-hydrogen) atoms. The molecule has 0 N–H and O–H groups in total. The number of anilines is 1. The van der Waals surface area contributed by atoms with Gasteiger partial charge in [-0.15, -0.1) is 0 Å². The Morgan fingerprint density at radius 2 is 2.28 bits per heavy atom. The van der Waals surface area contributed by atoms with Crippen molar-refractivity contribution in [1.82, 2.24) is 19.7 Å². The van der Waals surface area contributed by atoms with Crippen LogP contribution in [0, 0.1) is 6.92 Å². The molecule has 2 rings (SSSR count). The number of nitrogens with zero attached hydrogens (tertiary/aromatic N) is 6. The second kappa shape index (κ2) is 5.09. The van der Waals surface area contributed by atoms with Gasteiger partial charge in [0.2, 0.25) is 0 Å². The van der Waals surface area contributed by atoms with Crippen molar-refractivity contribution in [2.75, 3.05) is 5.01 Å². The zero-order valence-corrected chi connectivity index (χ0v) is 11.4. The molecular formula is C11H11BrN6. The van der Waals surface area contributed by atoms with Gasteiger partial charge >= 0.3 is 0 Å². The normalized spacial score (nSPS) is 10.1. The van der Waals surface area contributed by atoms with Gasteiger partial charge in [-0.05, 0) is 28.9 Å². The minimum Gasteiger partial charge on any atom is -0.221 e. The molecule has 7 heteroatoms. The molecule has 0 aliphatic heterocycles. The first-order valence-electron chi connectivity index (χ1n) is 5.10. The van der Waals surface area contributed by atoms with Crippen molar-refractivity contribution in [2.24, 2.45) is 5.10 Å². The van der Waals surface area contributed by atoms with Crippen molar-refractivity contribution < 1.29 is 0 Å². The second-order valence-corrected chi connectivity index (χ2v) is 4.16. The van der Waals surface area contributed by atoms with Crippen LogP contribution in [0.1, 0.15) is 5.69 Å². The third-order valence-corrected chi connectivity index (χ3v) is 3.17. The largest absolute Gasteiger partial charge is 0.252 e. The predicted octanol–water partition coefficient (Wildman–Crippen LogP) is 2.30. The van der Waals surface area contributed by atoms with Crippen LogP contribution in [-0.2, 0) is 0 Å². The number of aromatic nitrogens is 4. The monoisotopic (exact) mass is 306 g/mol. The van der Waals surface area contributed by atoms with Crippen molar-refractivity contribution in [1.29, 1.82) is 0 Å². The highest BCUT2D eigenvalue weighted by atomic mass is 79.9. The highest BCUT2D eigenvalue weighted by Gasteiger charge is 2.14. The maximum absolute atomic E-state index is 4.38. The molecule has 0 amide bonds. The molecule has 92 valence electrons. The lowest BCUT2D eigenvalue weighted by Gasteiger charge is -2.14. The van der Waals surface area contributed by atoms with Gasteiger partial charge in [0, 0.05) is 25.3 Å². The van der Waals surface area contributed by atoms with Gasteiger partial charge < -0.3 is 0 Å². The quantitative estimate of drug-likeness (QED) is 0.642. The molecule has 0 aliphatic carbocycles. The van der Waals surface area contributed by atoms with Crippen LogP contribution >= 0.6 is 15.9 Å². The van der Waals surface area contributed by atoms with E-state index < -0.39 is 0 Å². The van der Waals surface area contributed by atoms with E-state index in [1.54, 1.807) is 17.1 Å². The number of hydrogen-bond donors (Lipinski definition) is 0. The topological polar surface area (TPSA) is 59.2 Å². The van der Waals surface area contributed by atoms with Gasteiger partial charge in [-0.1, -0.05) is 6.58 Å². The smallest absolute Gasteiger partial charge is 0.221 e. The summed E-state index contributed by atoms with van der Waals surface area (Å²) in [6.45, 7) is 8.94. The summed E-state index contributed by atoms with van der Waals surface area (Å²) < 4.78 is 2.43. The van der Waals surface area contributed by atoms with E-state index in [1.807, 2.05) is 13.0 Å². The predicted molar refractivity (Wildman–Crippen MR) is 73.8 cm³/mol. The molecule has 0 aromatic carbocycles. The fourth-order valence-electron chi connectivity index (χ4n) is 1.38. The van der Waals surface area contributed by atoms with E-state index in [2.05, 4.69) is 49.4 Å². The average molecular weight is 307 g/mol. The minimum atomic E-state index is 0.395. The Bertz CT molecular complexity index is 569. The Balaban J connectivity index is 2.60. The first kappa shape index (κ1) is 12.4. The van der Waals surface area contributed by atoms with E-state index in [4.69, 9.17) is 0 Å². The zero-order chi connectivity index (χ0) is 13.1. The Kier molecular flexibility index (Phi) is 3.52. The van der Waals surface area contributed by atoms with E-state index >= 15 is 0 Å². The molecule has 0 fully saturated rings. The van der Waals surface area contributed by atoms with E-state index in [0.29, 0.717) is 11.8 Å². The Morgan fingerprint density at radius 3 is 2.83 bits per heavy atom. The Hall–Kier alpha value is -2.02. The number of halogens is 1. The summed E-state index contributed by atoms with van der Waals surface area (Å²) in [5.74, 6) is 1.03. The van der Waals surface area contributed by atoms with E-state index in [9.17, 15) is 0 Å². The van der Waals surface area contributed by atoms with Crippen molar-refractivity contribution in [3.8, 4) is 5.82 Å². The lowest BCUT2D eigenvalue weighted by Crippen LogP contribution is -2.13. The molecule has 0 aliphatic rings. The van der Waals surface area contributed by atoms with Crippen LogP contribution in [0.3, 0.4) is 0 Å². The number of hydrazone groups is 1. The van der Waals surface area contributed by atoms with Crippen LogP contribution in [-0.4, -0.2) is 26.5 Å². The SMILES string of the molecule is C=CN(N=C)c1nc(C)c(Br)c(-n2cccn2)n1. The van der Waals surface area contributed by atoms with Gasteiger partial charge in [0.05, 0.1) is 10.2 Å². The molecule has 6 nitrogen and oxygen atoms in total. The summed E-state index contributed by atoms with van der Waals surface area (Å²) in [6.07, 6.45) is 4.97. The molecule has 0 saturated heterocycles. The Labute approximate surface area is 113 Å². The fourth-order valence-corrected chi connectivity index (χ4v) is 1.74. The van der Waals surface area contributed by atoms with Crippen LogP contribution in [0.15, 0.2) is 40.8 Å². The molecule has 0 bridgehead atoms. The maximum Gasteiger partial charge on any atom is 0.252 e. The molecular weight excluding hydrogens is 296 g/mol. The highest BCUT2D eigenvalue weighted by Crippen LogP contribution is 2.24. The molecule has 0 spiro atoms. The molecule has 0 radical (unpaired) electrons. The van der Waals surface area contributed by atoms with E-state index in [1.165, 1.54) is 11.2 Å². The molecule has 2 aromatic rings. The maximum atomic E-state index is 4.38. The summed E-state index contributed by atoms with van der Waals surface area (Å²) in [7, 11) is 0. The van der Waals surface area contributed by atoms with E-state index in [-0.39, 0.29) is 0 Å². The van der Waals surface area contributed by atoms with Crippen molar-refractivity contribution >= 4 is 28.6 Å². The Morgan fingerprint density at radius 1 is 1.50 bits per heavy atom. The molecule has 0 atom stereocenters. The molecule has 0 saturated carbocycles. The molecule has 2 heterocycles. The van der Waals surface area contributed by atoms with Crippen molar-refractivity contribution in [3.05, 3.63) is 41.4 Å². The molecule has 0 unspecified atom stereocenters. The highest BCUT2D eigenvalue weighted by molar-refractivity contribution is 9.10. The lowest BCUT2D eigenvalue weighted by molar-refractivity contribution is 0.818. The zero-order valence-electron chi connectivity index (χ0n) is 9.78. The van der Waals surface area contributed by atoms with Gasteiger partial charge in [-0.25, -0.2) is 14.7 Å². The van der Waals surface area contributed by atoms with Gasteiger partial charge in [-0.3, -0.25) is 0 Å². The third kappa shape index (κ3) is 2.17. The van der Waals surface area contributed by atoms with Crippen LogP contribution < -0.4 is 5.01 Å². The lowest BCUT2D eigenvalue weighted by atomic mass is 10.4. The van der Waals surface area contributed by atoms with Crippen LogP contribution in [0.2, 0.25) is 0 Å². The summed E-state index contributed by atoms with van der Waals surface area (Å²) in [6, 6.07) is 1.82. The van der Waals surface area contributed by atoms with Gasteiger partial charge in [0.15, 0.2) is 5.82 Å². The van der Waals surface area contributed by atoms with Crippen molar-refractivity contribution in [2.45, 2.75) is 6.92 Å². The average Bonchev–Trinajstić information content (AvgIpc) is 2.88. The number of hydrogen-bond acceptors (Lipinski definition) is 5. The number of rotatable bonds is 4. The van der Waals surface area contributed by atoms with E-state index in [0.717, 1.165) is 10.2 Å². The van der Waals surface area contributed by atoms with Gasteiger partial charge in [0.25, 0.3) is 5.95 Å². The first-order valence-corrected chi connectivity index (χ1v) is 5.89. The summed E-state index contributed by atoms with van der Waals surface area (Å²) in [4.78, 5) is 8.69. The summed E-state index contributed by atoms with van der Waals surface area (Å²) in [5.41, 5.74) is 0.779. The van der Waals surface area contributed by atoms with Crippen molar-refractivity contribution in [3.63, 3.8) is 0 Å². The van der Waals surface area contributed by atoms with Crippen LogP contribution in [0.25, 0.3) is 5.82 Å². The second-order valence-electron chi connectivity index (χ2n) is 3.37. The van der Waals surface area contributed by atoms with Gasteiger partial charge in [0.1, 0.15) is 0 Å². The summed E-state index contributed by atoms with van der Waals surface area (Å²) >= 11 is 3.45. The van der Waals surface area contributed by atoms with Crippen LogP contribution in [0.4, 0.5) is 5.95 Å². The molecule has 2 aromatic heterocycles. The number of aryl methyl sites for hydroxylation is 1. The van der Waals surface area contributed by atoms with Crippen LogP contribution in [0.5, 0.6) is 0 Å². The fraction of sp³-hybridized carbons (Fsp3) is 0.0909. The standard InChI is InChI=1S/C11H11BrN6/c1-4-17(13-3)11-15-8(2)9(12)10(16-11)18-7-5-6-14-18/h4-7H,1,3H2,2H3.